The molecule has 0 saturated heterocycles. The van der Waals surface area contributed by atoms with Gasteiger partial charge in [0.15, 0.2) is 12.4 Å². The van der Waals surface area contributed by atoms with Crippen molar-refractivity contribution in [1.29, 1.82) is 0 Å². The second kappa shape index (κ2) is 17.7. The van der Waals surface area contributed by atoms with Crippen LogP contribution < -0.4 is 5.32 Å². The molecule has 0 saturated carbocycles. The number of carbonyl (C=O) groups excluding carboxylic acids is 4. The predicted octanol–water partition coefficient (Wildman–Crippen LogP) is 8.23. The molecule has 15 heteroatoms. The predicted molar refractivity (Wildman–Crippen MR) is 219 cm³/mol. The van der Waals surface area contributed by atoms with Gasteiger partial charge >= 0.3 is 18.2 Å². The topological polar surface area (TPSA) is 166 Å². The highest BCUT2D eigenvalue weighted by atomic mass is 28.3. The second-order valence-corrected chi connectivity index (χ2v) is 22.5. The number of esters is 1. The summed E-state index contributed by atoms with van der Waals surface area (Å²) in [5, 5.41) is 8.08. The first-order chi connectivity index (χ1) is 26.0. The van der Waals surface area contributed by atoms with Crippen LogP contribution in [0.3, 0.4) is 0 Å². The van der Waals surface area contributed by atoms with Gasteiger partial charge in [0.25, 0.3) is 5.91 Å². The molecule has 4 aromatic rings. The number of aromatic amines is 1. The lowest BCUT2D eigenvalue weighted by Crippen LogP contribution is -2.43. The van der Waals surface area contributed by atoms with Gasteiger partial charge in [-0.25, -0.2) is 19.2 Å². The van der Waals surface area contributed by atoms with Crippen molar-refractivity contribution in [2.75, 3.05) is 25.3 Å². The number of amides is 3. The number of H-pyrrole nitrogens is 1. The maximum absolute atomic E-state index is 13.7. The molecule has 2 N–H and O–H groups in total. The third kappa shape index (κ3) is 12.4. The van der Waals surface area contributed by atoms with Crippen molar-refractivity contribution in [1.82, 2.24) is 19.7 Å². The van der Waals surface area contributed by atoms with Gasteiger partial charge in [-0.3, -0.25) is 9.59 Å². The van der Waals surface area contributed by atoms with Crippen LogP contribution in [0, 0.1) is 20.8 Å². The van der Waals surface area contributed by atoms with Crippen LogP contribution in [-0.4, -0.2) is 88.8 Å². The van der Waals surface area contributed by atoms with E-state index in [2.05, 4.69) is 40.0 Å². The lowest BCUT2D eigenvalue weighted by atomic mass is 10.1. The number of hydrogen-bond acceptors (Lipinski definition) is 9. The standard InChI is InChI=1S/C41H56N6O8Si/c1-26-32(23-35(49)53-24-34(48)43-36-27(2)45-47(28(36)3)30-16-14-13-15-17-30)31-19-18-29(22-33(31)42-26)37(44-38(50)54-40(4,5)6)46(39(51)55-41(7,8)9)25-52-20-21-56(10,11)12/h13-19,22,42H,20-21,23-25H2,1-12H3,(H,43,48)/b44-37+. The van der Waals surface area contributed by atoms with Crippen LogP contribution in [0.25, 0.3) is 16.6 Å². The maximum atomic E-state index is 13.7. The average Bonchev–Trinajstić information content (AvgIpc) is 3.54. The number of nitrogens with zero attached hydrogens (tertiary/aromatic N) is 4. The number of amidine groups is 1. The fourth-order valence-corrected chi connectivity index (χ4v) is 6.38. The van der Waals surface area contributed by atoms with Crippen LogP contribution in [0.2, 0.25) is 25.7 Å². The largest absolute Gasteiger partial charge is 0.455 e. The fraction of sp³-hybridized carbons (Fsp3) is 0.463. The Labute approximate surface area is 329 Å². The molecule has 56 heavy (non-hydrogen) atoms. The summed E-state index contributed by atoms with van der Waals surface area (Å²) < 4.78 is 24.4. The van der Waals surface area contributed by atoms with Gasteiger partial charge in [-0.1, -0.05) is 50.0 Å². The van der Waals surface area contributed by atoms with E-state index in [-0.39, 0.29) is 19.0 Å². The molecule has 0 aliphatic heterocycles. The number of benzene rings is 2. The molecule has 2 aromatic heterocycles. The number of para-hydroxylation sites is 1. The Morgan fingerprint density at radius 3 is 2.21 bits per heavy atom. The normalized spacial score (nSPS) is 12.4. The Bertz CT molecular complexity index is 2080. The summed E-state index contributed by atoms with van der Waals surface area (Å²) >= 11 is 0. The van der Waals surface area contributed by atoms with Gasteiger partial charge in [0.1, 0.15) is 17.9 Å². The van der Waals surface area contributed by atoms with Crippen molar-refractivity contribution in [3.05, 3.63) is 76.7 Å². The molecule has 302 valence electrons. The summed E-state index contributed by atoms with van der Waals surface area (Å²) in [7, 11) is -1.45. The van der Waals surface area contributed by atoms with Crippen molar-refractivity contribution < 1.29 is 38.1 Å². The number of aliphatic imine (C=N–C) groups is 1. The first-order valence-corrected chi connectivity index (χ1v) is 22.3. The Morgan fingerprint density at radius 2 is 1.59 bits per heavy atom. The van der Waals surface area contributed by atoms with E-state index in [0.29, 0.717) is 45.7 Å². The van der Waals surface area contributed by atoms with E-state index in [1.54, 1.807) is 71.3 Å². The highest BCUT2D eigenvalue weighted by molar-refractivity contribution is 6.76. The number of aromatic nitrogens is 3. The minimum atomic E-state index is -1.45. The SMILES string of the molecule is Cc1nn(-c2ccccc2)c(C)c1NC(=O)COC(=O)Cc1c(C)[nH]c2cc(/C(=N\C(=O)OC(C)(C)C)N(COCC[Si](C)(C)C)C(=O)OC(C)(C)C)ccc12. The minimum absolute atomic E-state index is 0.0255. The Balaban J connectivity index is 1.56. The maximum Gasteiger partial charge on any atom is 0.436 e. The van der Waals surface area contributed by atoms with E-state index in [4.69, 9.17) is 18.9 Å². The van der Waals surface area contributed by atoms with Crippen LogP contribution in [-0.2, 0) is 35.0 Å². The summed E-state index contributed by atoms with van der Waals surface area (Å²) in [5.74, 6) is -1.11. The number of ether oxygens (including phenoxy) is 4. The highest BCUT2D eigenvalue weighted by Gasteiger charge is 2.30. The second-order valence-electron chi connectivity index (χ2n) is 16.8. The molecule has 0 radical (unpaired) electrons. The minimum Gasteiger partial charge on any atom is -0.455 e. The molecule has 3 amide bonds. The smallest absolute Gasteiger partial charge is 0.436 e. The summed E-state index contributed by atoms with van der Waals surface area (Å²) in [6.45, 7) is 22.3. The van der Waals surface area contributed by atoms with Crippen molar-refractivity contribution >= 4 is 54.6 Å². The number of nitrogens with one attached hydrogen (secondary N) is 2. The number of rotatable bonds is 12. The van der Waals surface area contributed by atoms with Crippen LogP contribution >= 0.6 is 0 Å². The van der Waals surface area contributed by atoms with E-state index in [9.17, 15) is 19.2 Å². The van der Waals surface area contributed by atoms with Crippen LogP contribution in [0.1, 0.15) is 69.8 Å². The van der Waals surface area contributed by atoms with Crippen molar-refractivity contribution in [3.63, 3.8) is 0 Å². The number of aryl methyl sites for hydroxylation is 2. The molecular weight excluding hydrogens is 733 g/mol. The first kappa shape index (κ1) is 43.4. The van der Waals surface area contributed by atoms with Crippen molar-refractivity contribution in [3.8, 4) is 5.69 Å². The zero-order valence-corrected chi connectivity index (χ0v) is 35.7. The molecule has 0 unspecified atom stereocenters. The van der Waals surface area contributed by atoms with Crippen molar-refractivity contribution in [2.24, 2.45) is 4.99 Å². The number of fused-ring (bicyclic) bond motifs is 1. The molecule has 0 aliphatic rings. The number of carbonyl (C=O) groups is 4. The number of anilines is 1. The summed E-state index contributed by atoms with van der Waals surface area (Å²) in [5.41, 5.74) is 3.46. The van der Waals surface area contributed by atoms with Crippen LogP contribution in [0.15, 0.2) is 53.5 Å². The first-order valence-electron chi connectivity index (χ1n) is 18.6. The van der Waals surface area contributed by atoms with Gasteiger partial charge in [0.05, 0.1) is 29.2 Å². The summed E-state index contributed by atoms with van der Waals surface area (Å²) in [4.78, 5) is 61.6. The van der Waals surface area contributed by atoms with Crippen molar-refractivity contribution in [2.45, 2.75) is 106 Å². The lowest BCUT2D eigenvalue weighted by molar-refractivity contribution is -0.146. The fourth-order valence-electron chi connectivity index (χ4n) is 5.62. The van der Waals surface area contributed by atoms with Crippen LogP contribution in [0.4, 0.5) is 15.3 Å². The van der Waals surface area contributed by atoms with Gasteiger partial charge < -0.3 is 29.2 Å². The molecular formula is C41H56N6O8Si. The third-order valence-electron chi connectivity index (χ3n) is 8.30. The van der Waals surface area contributed by atoms with Gasteiger partial charge in [0.2, 0.25) is 0 Å². The molecule has 2 aromatic carbocycles. The van der Waals surface area contributed by atoms with E-state index in [0.717, 1.165) is 17.4 Å². The molecule has 14 nitrogen and oxygen atoms in total. The average molecular weight is 789 g/mol. The van der Waals surface area contributed by atoms with Gasteiger partial charge in [-0.15, -0.1) is 0 Å². The summed E-state index contributed by atoms with van der Waals surface area (Å²) in [6.07, 6.45) is -1.76. The van der Waals surface area contributed by atoms with Gasteiger partial charge in [0, 0.05) is 36.8 Å². The zero-order chi connectivity index (χ0) is 41.6. The van der Waals surface area contributed by atoms with Crippen LogP contribution in [0.5, 0.6) is 0 Å². The van der Waals surface area contributed by atoms with E-state index >= 15 is 0 Å². The third-order valence-corrected chi connectivity index (χ3v) is 10.0. The van der Waals surface area contributed by atoms with Gasteiger partial charge in [-0.05, 0) is 92.1 Å². The molecule has 2 heterocycles. The highest BCUT2D eigenvalue weighted by Crippen LogP contribution is 2.27. The number of hydrogen-bond donors (Lipinski definition) is 2. The lowest BCUT2D eigenvalue weighted by Gasteiger charge is -2.28. The Morgan fingerprint density at radius 1 is 0.929 bits per heavy atom. The Kier molecular flexibility index (Phi) is 13.7. The molecule has 0 atom stereocenters. The van der Waals surface area contributed by atoms with E-state index in [1.165, 1.54) is 4.90 Å². The monoisotopic (exact) mass is 788 g/mol. The molecule has 0 fully saturated rings. The quantitative estimate of drug-likeness (QED) is 0.0273. The zero-order valence-electron chi connectivity index (χ0n) is 34.7. The van der Waals surface area contributed by atoms with E-state index in [1.807, 2.05) is 44.2 Å². The molecule has 0 aliphatic carbocycles. The van der Waals surface area contributed by atoms with E-state index < -0.39 is 49.9 Å². The summed E-state index contributed by atoms with van der Waals surface area (Å²) in [6, 6.07) is 15.6. The molecule has 0 spiro atoms. The van der Waals surface area contributed by atoms with Gasteiger partial charge in [-0.2, -0.15) is 10.1 Å². The molecule has 4 rings (SSSR count). The molecule has 0 bridgehead atoms. The Hall–Kier alpha value is -5.28.